The number of nitrogens with zero attached hydrogens (tertiary/aromatic N) is 3. The van der Waals surface area contributed by atoms with Gasteiger partial charge >= 0.3 is 0 Å². The molecule has 1 heterocycles. The van der Waals surface area contributed by atoms with Gasteiger partial charge in [-0.25, -0.2) is 0 Å². The van der Waals surface area contributed by atoms with E-state index in [1.807, 2.05) is 0 Å². The van der Waals surface area contributed by atoms with Crippen molar-refractivity contribution in [2.75, 3.05) is 14.1 Å². The summed E-state index contributed by atoms with van der Waals surface area (Å²) in [6, 6.07) is 3.52. The fraction of sp³-hybridized carbons (Fsp3) is 0.583. The largest absolute Gasteiger partial charge is 0.473 e. The molecule has 1 aromatic heterocycles. The Balaban J connectivity index is 1.97. The van der Waals surface area contributed by atoms with Gasteiger partial charge in [0.25, 0.3) is 5.91 Å². The summed E-state index contributed by atoms with van der Waals surface area (Å²) in [5.74, 6) is 0.279. The van der Waals surface area contributed by atoms with E-state index in [1.165, 1.54) is 4.90 Å². The fourth-order valence-corrected chi connectivity index (χ4v) is 1.98. The van der Waals surface area contributed by atoms with Crippen LogP contribution in [0.5, 0.6) is 5.88 Å². The van der Waals surface area contributed by atoms with Gasteiger partial charge in [-0.2, -0.15) is 0 Å². The average molecular weight is 250 g/mol. The van der Waals surface area contributed by atoms with Gasteiger partial charge in [0.05, 0.1) is 0 Å². The van der Waals surface area contributed by atoms with Gasteiger partial charge in [-0.15, -0.1) is 10.2 Å². The maximum Gasteiger partial charge on any atom is 0.273 e. The number of carbonyl (C=O) groups is 1. The van der Waals surface area contributed by atoms with Crippen LogP contribution in [0, 0.1) is 0 Å². The summed E-state index contributed by atoms with van der Waals surface area (Å²) in [5.41, 5.74) is 6.12. The number of hydrogen-bond donors (Lipinski definition) is 1. The number of carbonyl (C=O) groups excluding carboxylic acids is 1. The van der Waals surface area contributed by atoms with Crippen LogP contribution in [-0.2, 0) is 0 Å². The molecule has 1 aliphatic carbocycles. The highest BCUT2D eigenvalue weighted by molar-refractivity contribution is 5.91. The zero-order chi connectivity index (χ0) is 13.1. The Hall–Kier alpha value is -1.69. The minimum absolute atomic E-state index is 0.115. The summed E-state index contributed by atoms with van der Waals surface area (Å²) >= 11 is 0. The molecule has 1 amide bonds. The van der Waals surface area contributed by atoms with Crippen molar-refractivity contribution >= 4 is 5.91 Å². The molecule has 18 heavy (non-hydrogen) atoms. The van der Waals surface area contributed by atoms with Crippen LogP contribution in [0.4, 0.5) is 0 Å². The molecule has 1 saturated carbocycles. The Labute approximate surface area is 106 Å². The lowest BCUT2D eigenvalue weighted by Gasteiger charge is -2.12. The van der Waals surface area contributed by atoms with E-state index in [1.54, 1.807) is 26.2 Å². The number of ether oxygens (including phenoxy) is 1. The number of hydrogen-bond acceptors (Lipinski definition) is 5. The van der Waals surface area contributed by atoms with E-state index in [0.717, 1.165) is 19.3 Å². The first-order valence-corrected chi connectivity index (χ1v) is 6.04. The normalized spacial score (nSPS) is 22.8. The number of rotatable bonds is 3. The Morgan fingerprint density at radius 1 is 1.39 bits per heavy atom. The summed E-state index contributed by atoms with van der Waals surface area (Å²) in [5, 5.41) is 7.77. The number of aromatic nitrogens is 2. The van der Waals surface area contributed by atoms with E-state index >= 15 is 0 Å². The highest BCUT2D eigenvalue weighted by atomic mass is 16.5. The van der Waals surface area contributed by atoms with Crippen LogP contribution in [-0.4, -0.2) is 47.2 Å². The molecule has 0 bridgehead atoms. The summed E-state index contributed by atoms with van der Waals surface area (Å²) in [4.78, 5) is 13.1. The third kappa shape index (κ3) is 2.95. The van der Waals surface area contributed by atoms with Crippen molar-refractivity contribution in [3.8, 4) is 5.88 Å². The zero-order valence-electron chi connectivity index (χ0n) is 10.7. The van der Waals surface area contributed by atoms with Crippen LogP contribution in [0.1, 0.15) is 29.8 Å². The van der Waals surface area contributed by atoms with Crippen LogP contribution < -0.4 is 10.5 Å². The van der Waals surface area contributed by atoms with Gasteiger partial charge < -0.3 is 15.4 Å². The molecule has 2 rings (SSSR count). The molecule has 1 fully saturated rings. The quantitative estimate of drug-likeness (QED) is 0.841. The smallest absolute Gasteiger partial charge is 0.273 e. The van der Waals surface area contributed by atoms with Crippen molar-refractivity contribution in [2.45, 2.75) is 31.4 Å². The Bertz CT molecular complexity index is 419. The molecule has 0 aliphatic heterocycles. The highest BCUT2D eigenvalue weighted by Gasteiger charge is 2.23. The van der Waals surface area contributed by atoms with Crippen molar-refractivity contribution in [1.82, 2.24) is 15.1 Å². The Kier molecular flexibility index (Phi) is 3.76. The first-order valence-electron chi connectivity index (χ1n) is 6.04. The topological polar surface area (TPSA) is 81.3 Å². The lowest BCUT2D eigenvalue weighted by Crippen LogP contribution is -2.23. The molecule has 2 N–H and O–H groups in total. The molecule has 0 saturated heterocycles. The molecule has 6 nitrogen and oxygen atoms in total. The van der Waals surface area contributed by atoms with Gasteiger partial charge in [0, 0.05) is 26.2 Å². The predicted octanol–water partition coefficient (Wildman–Crippen LogP) is 0.437. The van der Waals surface area contributed by atoms with E-state index in [4.69, 9.17) is 10.5 Å². The molecule has 1 aliphatic rings. The molecular weight excluding hydrogens is 232 g/mol. The third-order valence-electron chi connectivity index (χ3n) is 2.98. The molecule has 0 aromatic carbocycles. The van der Waals surface area contributed by atoms with E-state index in [2.05, 4.69) is 10.2 Å². The first kappa shape index (κ1) is 12.8. The van der Waals surface area contributed by atoms with Gasteiger partial charge in [0.2, 0.25) is 5.88 Å². The van der Waals surface area contributed by atoms with Crippen LogP contribution >= 0.6 is 0 Å². The van der Waals surface area contributed by atoms with Crippen molar-refractivity contribution < 1.29 is 9.53 Å². The van der Waals surface area contributed by atoms with E-state index < -0.39 is 0 Å². The van der Waals surface area contributed by atoms with Crippen LogP contribution in [0.15, 0.2) is 12.1 Å². The molecule has 6 heteroatoms. The zero-order valence-corrected chi connectivity index (χ0v) is 10.7. The van der Waals surface area contributed by atoms with Crippen molar-refractivity contribution in [3.05, 3.63) is 17.8 Å². The molecule has 98 valence electrons. The molecular formula is C12H18N4O2. The Morgan fingerprint density at radius 2 is 2.17 bits per heavy atom. The van der Waals surface area contributed by atoms with Gasteiger partial charge in [-0.1, -0.05) is 0 Å². The second-order valence-corrected chi connectivity index (χ2v) is 4.77. The highest BCUT2D eigenvalue weighted by Crippen LogP contribution is 2.22. The average Bonchev–Trinajstić information content (AvgIpc) is 2.75. The van der Waals surface area contributed by atoms with Crippen LogP contribution in [0.3, 0.4) is 0 Å². The van der Waals surface area contributed by atoms with Crippen molar-refractivity contribution in [2.24, 2.45) is 5.73 Å². The fourth-order valence-electron chi connectivity index (χ4n) is 1.98. The maximum atomic E-state index is 11.6. The Morgan fingerprint density at radius 3 is 2.67 bits per heavy atom. The minimum atomic E-state index is -0.170. The molecule has 0 radical (unpaired) electrons. The maximum absolute atomic E-state index is 11.6. The third-order valence-corrected chi connectivity index (χ3v) is 2.98. The minimum Gasteiger partial charge on any atom is -0.473 e. The van der Waals surface area contributed by atoms with Crippen molar-refractivity contribution in [3.63, 3.8) is 0 Å². The summed E-state index contributed by atoms with van der Waals surface area (Å²) in [7, 11) is 3.35. The van der Waals surface area contributed by atoms with E-state index in [-0.39, 0.29) is 18.1 Å². The molecule has 1 aromatic rings. The summed E-state index contributed by atoms with van der Waals surface area (Å²) < 4.78 is 5.66. The SMILES string of the molecule is CN(C)C(=O)c1ccc(OC2CCC(N)C2)nn1. The van der Waals surface area contributed by atoms with Gasteiger partial charge in [0.1, 0.15) is 6.10 Å². The van der Waals surface area contributed by atoms with Gasteiger partial charge in [0.15, 0.2) is 5.69 Å². The molecule has 2 unspecified atom stereocenters. The van der Waals surface area contributed by atoms with E-state index in [0.29, 0.717) is 11.6 Å². The predicted molar refractivity (Wildman–Crippen MR) is 66.3 cm³/mol. The van der Waals surface area contributed by atoms with Crippen LogP contribution in [0.25, 0.3) is 0 Å². The van der Waals surface area contributed by atoms with Gasteiger partial charge in [-0.05, 0) is 25.3 Å². The second kappa shape index (κ2) is 5.30. The molecule has 0 spiro atoms. The monoisotopic (exact) mass is 250 g/mol. The lowest BCUT2D eigenvalue weighted by atomic mass is 10.3. The van der Waals surface area contributed by atoms with Crippen LogP contribution in [0.2, 0.25) is 0 Å². The first-order chi connectivity index (χ1) is 8.56. The standard InChI is InChI=1S/C12H18N4O2/c1-16(2)12(17)10-5-6-11(15-14-10)18-9-4-3-8(13)7-9/h5-6,8-9H,3-4,7,13H2,1-2H3. The van der Waals surface area contributed by atoms with Gasteiger partial charge in [-0.3, -0.25) is 4.79 Å². The number of amides is 1. The molecule has 2 atom stereocenters. The number of nitrogens with two attached hydrogens (primary N) is 1. The lowest BCUT2D eigenvalue weighted by molar-refractivity contribution is 0.0820. The second-order valence-electron chi connectivity index (χ2n) is 4.77. The summed E-state index contributed by atoms with van der Waals surface area (Å²) in [6.07, 6.45) is 2.89. The summed E-state index contributed by atoms with van der Waals surface area (Å²) in [6.45, 7) is 0. The van der Waals surface area contributed by atoms with E-state index in [9.17, 15) is 4.79 Å². The van der Waals surface area contributed by atoms with Crippen molar-refractivity contribution in [1.29, 1.82) is 0 Å².